The number of aromatic nitrogens is 1. The van der Waals surface area contributed by atoms with Crippen molar-refractivity contribution < 1.29 is 0 Å². The third kappa shape index (κ3) is 8.35. The number of nitrogens with one attached hydrogen (secondary N) is 1. The van der Waals surface area contributed by atoms with Crippen molar-refractivity contribution >= 4 is 22.7 Å². The predicted molar refractivity (Wildman–Crippen MR) is 191 cm³/mol. The van der Waals surface area contributed by atoms with Gasteiger partial charge in [-0.05, 0) is 42.7 Å². The van der Waals surface area contributed by atoms with Crippen LogP contribution in [0.1, 0.15) is 161 Å². The minimum atomic E-state index is 0.127. The van der Waals surface area contributed by atoms with Gasteiger partial charge in [0, 0.05) is 32.1 Å². The molecule has 0 unspecified atom stereocenters. The van der Waals surface area contributed by atoms with E-state index in [0.717, 1.165) is 11.0 Å². The molecule has 3 aromatic rings. The molecule has 2 aliphatic rings. The van der Waals surface area contributed by atoms with Gasteiger partial charge in [0.15, 0.2) is 0 Å². The number of rotatable bonds is 22. The van der Waals surface area contributed by atoms with E-state index in [9.17, 15) is 0 Å². The van der Waals surface area contributed by atoms with E-state index in [1.54, 1.807) is 5.56 Å². The van der Waals surface area contributed by atoms with Gasteiger partial charge in [-0.2, -0.15) is 0 Å². The zero-order chi connectivity index (χ0) is 30.5. The van der Waals surface area contributed by atoms with Crippen LogP contribution in [0.15, 0.2) is 53.5 Å². The van der Waals surface area contributed by atoms with Crippen LogP contribution < -0.4 is 10.7 Å². The summed E-state index contributed by atoms with van der Waals surface area (Å²) in [5.41, 5.74) is 4.09. The summed E-state index contributed by atoms with van der Waals surface area (Å²) in [7, 11) is 0. The number of hydrogen-bond acceptors (Lipinski definition) is 1. The van der Waals surface area contributed by atoms with Gasteiger partial charge in [-0.25, -0.2) is 4.99 Å². The maximum Gasteiger partial charge on any atom is 0.0723 e. The Labute approximate surface area is 267 Å². The third-order valence-electron chi connectivity index (χ3n) is 10.5. The van der Waals surface area contributed by atoms with E-state index in [0.29, 0.717) is 0 Å². The first-order valence-corrected chi connectivity index (χ1v) is 18.8. The molecule has 2 aromatic carbocycles. The minimum absolute atomic E-state index is 0.127. The van der Waals surface area contributed by atoms with Crippen molar-refractivity contribution in [1.82, 2.24) is 4.98 Å². The van der Waals surface area contributed by atoms with E-state index in [4.69, 9.17) is 4.99 Å². The zero-order valence-electron chi connectivity index (χ0n) is 28.2. The van der Waals surface area contributed by atoms with Crippen molar-refractivity contribution in [2.24, 2.45) is 4.99 Å². The van der Waals surface area contributed by atoms with Gasteiger partial charge in [0.2, 0.25) is 0 Å². The molecule has 1 aliphatic carbocycles. The average Bonchev–Trinajstić information content (AvgIpc) is 3.59. The van der Waals surface area contributed by atoms with Crippen molar-refractivity contribution in [2.75, 3.05) is 0 Å². The predicted octanol–water partition coefficient (Wildman–Crippen LogP) is 11.9. The lowest BCUT2D eigenvalue weighted by Gasteiger charge is -2.33. The van der Waals surface area contributed by atoms with Crippen molar-refractivity contribution in [1.29, 1.82) is 0 Å². The zero-order valence-corrected chi connectivity index (χ0v) is 28.2. The highest BCUT2D eigenvalue weighted by Gasteiger charge is 2.34. The third-order valence-corrected chi connectivity index (χ3v) is 10.5. The van der Waals surface area contributed by atoms with E-state index < -0.39 is 0 Å². The Morgan fingerprint density at radius 2 is 1.16 bits per heavy atom. The van der Waals surface area contributed by atoms with Crippen LogP contribution >= 0.6 is 0 Å². The first-order chi connectivity index (χ1) is 21.8. The molecule has 0 saturated heterocycles. The van der Waals surface area contributed by atoms with E-state index in [-0.39, 0.29) is 5.41 Å². The van der Waals surface area contributed by atoms with Crippen LogP contribution in [0.5, 0.6) is 0 Å². The fourth-order valence-corrected chi connectivity index (χ4v) is 7.96. The normalized spacial score (nSPS) is 14.3. The highest BCUT2D eigenvalue weighted by Crippen LogP contribution is 2.42. The van der Waals surface area contributed by atoms with Gasteiger partial charge in [0.05, 0.1) is 11.0 Å². The number of fused-ring (bicyclic) bond motifs is 5. The SMILES string of the molecule is CCCCCCCCCCCCC1(CCCCCCCCCCCC)C=CC=c2[nH]c3cc4c(cc3c21)N=c1ccccc1=4. The number of benzene rings is 2. The van der Waals surface area contributed by atoms with Gasteiger partial charge in [-0.15, -0.1) is 0 Å². The molecule has 44 heavy (non-hydrogen) atoms. The number of hydrogen-bond donors (Lipinski definition) is 1. The molecule has 238 valence electrons. The fraction of sp³-hybridized carbons (Fsp3) is 0.595. The number of para-hydroxylation sites is 1. The van der Waals surface area contributed by atoms with Crippen LogP contribution in [0.25, 0.3) is 17.0 Å². The molecule has 0 radical (unpaired) electrons. The second-order valence-corrected chi connectivity index (χ2v) is 14.0. The van der Waals surface area contributed by atoms with E-state index in [2.05, 4.69) is 73.5 Å². The summed E-state index contributed by atoms with van der Waals surface area (Å²) in [4.78, 5) is 8.92. The Morgan fingerprint density at radius 1 is 0.614 bits per heavy atom. The summed E-state index contributed by atoms with van der Waals surface area (Å²) in [5.74, 6) is 0. The second-order valence-electron chi connectivity index (χ2n) is 14.0. The molecule has 1 aromatic heterocycles. The highest BCUT2D eigenvalue weighted by molar-refractivity contribution is 5.89. The van der Waals surface area contributed by atoms with Gasteiger partial charge < -0.3 is 4.98 Å². The van der Waals surface area contributed by atoms with Crippen LogP contribution in [-0.4, -0.2) is 4.98 Å². The van der Waals surface area contributed by atoms with Crippen LogP contribution in [0.3, 0.4) is 0 Å². The van der Waals surface area contributed by atoms with Crippen LogP contribution in [0.4, 0.5) is 5.69 Å². The summed E-state index contributed by atoms with van der Waals surface area (Å²) < 4.78 is 0. The topological polar surface area (TPSA) is 28.1 Å². The molecule has 0 bridgehead atoms. The number of unbranched alkanes of at least 4 members (excludes halogenated alkanes) is 18. The summed E-state index contributed by atoms with van der Waals surface area (Å²) >= 11 is 0. The maximum atomic E-state index is 5.05. The molecular formula is C42H60N2. The molecule has 0 atom stereocenters. The molecule has 0 saturated carbocycles. The van der Waals surface area contributed by atoms with Crippen LogP contribution in [-0.2, 0) is 5.41 Å². The van der Waals surface area contributed by atoms with Crippen molar-refractivity contribution in [2.45, 2.75) is 161 Å². The molecule has 0 spiro atoms. The highest BCUT2D eigenvalue weighted by atomic mass is 14.8. The van der Waals surface area contributed by atoms with Gasteiger partial charge in [-0.1, -0.05) is 173 Å². The van der Waals surface area contributed by atoms with Crippen molar-refractivity contribution in [3.63, 3.8) is 0 Å². The van der Waals surface area contributed by atoms with Crippen molar-refractivity contribution in [3.8, 4) is 0 Å². The molecule has 0 fully saturated rings. The fourth-order valence-electron chi connectivity index (χ4n) is 7.96. The first-order valence-electron chi connectivity index (χ1n) is 18.8. The first kappa shape index (κ1) is 32.8. The van der Waals surface area contributed by atoms with Gasteiger partial charge in [-0.3, -0.25) is 0 Å². The molecular weight excluding hydrogens is 532 g/mol. The maximum absolute atomic E-state index is 5.05. The molecule has 2 nitrogen and oxygen atoms in total. The van der Waals surface area contributed by atoms with Crippen LogP contribution in [0.2, 0.25) is 0 Å². The minimum Gasteiger partial charge on any atom is -0.355 e. The smallest absolute Gasteiger partial charge is 0.0723 e. The quantitative estimate of drug-likeness (QED) is 0.0879. The van der Waals surface area contributed by atoms with E-state index >= 15 is 0 Å². The Balaban J connectivity index is 1.26. The lowest BCUT2D eigenvalue weighted by molar-refractivity contribution is 0.401. The molecule has 1 N–H and O–H groups in total. The second kappa shape index (κ2) is 17.2. The van der Waals surface area contributed by atoms with Gasteiger partial charge in [0.25, 0.3) is 0 Å². The van der Waals surface area contributed by atoms with Crippen LogP contribution in [0, 0.1) is 10.4 Å². The standard InChI is InChI=1S/C42H60N2/c1-3-5-7-9-11-13-15-17-19-23-29-42(30-24-20-18-16-14-12-10-8-6-4-2)31-25-28-38-41(42)36-33-39-35(32-40(36)44-38)34-26-21-22-27-37(34)43-39/h21-22,25-28,31-33,44H,3-20,23-24,29-30H2,1-2H3. The average molecular weight is 593 g/mol. The van der Waals surface area contributed by atoms with Gasteiger partial charge >= 0.3 is 0 Å². The molecule has 2 heteroatoms. The number of nitrogens with zero attached hydrogens (tertiary/aromatic N) is 1. The van der Waals surface area contributed by atoms with Crippen molar-refractivity contribution in [3.05, 3.63) is 75.3 Å². The Morgan fingerprint density at radius 3 is 1.75 bits per heavy atom. The Kier molecular flexibility index (Phi) is 12.8. The summed E-state index contributed by atoms with van der Waals surface area (Å²) in [5, 5.41) is 6.38. The molecule has 1 aliphatic heterocycles. The summed E-state index contributed by atoms with van der Waals surface area (Å²) in [6, 6.07) is 13.4. The number of H-pyrrole nitrogens is 1. The molecule has 2 heterocycles. The monoisotopic (exact) mass is 592 g/mol. The van der Waals surface area contributed by atoms with Gasteiger partial charge in [0.1, 0.15) is 0 Å². The Bertz CT molecular complexity index is 1530. The molecule has 5 rings (SSSR count). The van der Waals surface area contributed by atoms with E-state index in [1.165, 1.54) is 168 Å². The number of aromatic amines is 1. The molecule has 0 amide bonds. The summed E-state index contributed by atoms with van der Waals surface area (Å²) in [6.45, 7) is 4.62. The lowest BCUT2D eigenvalue weighted by atomic mass is 9.70. The largest absolute Gasteiger partial charge is 0.355 e. The number of allylic oxidation sites excluding steroid dienone is 2. The lowest BCUT2D eigenvalue weighted by Crippen LogP contribution is -2.32. The Hall–Kier alpha value is -2.61. The van der Waals surface area contributed by atoms with E-state index in [1.807, 2.05) is 0 Å². The summed E-state index contributed by atoms with van der Waals surface area (Å²) in [6.07, 6.45) is 37.7.